The summed E-state index contributed by atoms with van der Waals surface area (Å²) >= 11 is 2.14. The molecule has 0 rings (SSSR count). The molecule has 0 bridgehead atoms. The first-order valence-corrected chi connectivity index (χ1v) is 15.1. The van der Waals surface area contributed by atoms with Crippen molar-refractivity contribution in [3.05, 3.63) is 0 Å². The van der Waals surface area contributed by atoms with Crippen LogP contribution >= 0.6 is 11.8 Å². The topological polar surface area (TPSA) is 18.5 Å². The van der Waals surface area contributed by atoms with Crippen molar-refractivity contribution in [3.63, 3.8) is 0 Å². The predicted octanol–water partition coefficient (Wildman–Crippen LogP) is 5.62. The van der Waals surface area contributed by atoms with Gasteiger partial charge in [0.1, 0.15) is 0 Å². The van der Waals surface area contributed by atoms with E-state index in [1.54, 1.807) is 0 Å². The van der Waals surface area contributed by atoms with Crippen LogP contribution in [0.1, 0.15) is 54.4 Å². The highest BCUT2D eigenvalue weighted by molar-refractivity contribution is 8.02. The van der Waals surface area contributed by atoms with Crippen molar-refractivity contribution >= 4 is 28.4 Å². The van der Waals surface area contributed by atoms with E-state index in [0.29, 0.717) is 0 Å². The van der Waals surface area contributed by atoms with Crippen LogP contribution in [-0.4, -0.2) is 40.6 Å². The molecule has 5 heteroatoms. The van der Waals surface area contributed by atoms with Gasteiger partial charge < -0.3 is 8.85 Å². The van der Waals surface area contributed by atoms with Gasteiger partial charge in [-0.3, -0.25) is 0 Å². The lowest BCUT2D eigenvalue weighted by molar-refractivity contribution is 0.302. The molecule has 0 unspecified atom stereocenters. The van der Waals surface area contributed by atoms with Crippen LogP contribution in [0.15, 0.2) is 0 Å². The zero-order valence-corrected chi connectivity index (χ0v) is 18.1. The van der Waals surface area contributed by atoms with Crippen LogP contribution in [-0.2, 0) is 8.85 Å². The van der Waals surface area contributed by atoms with Gasteiger partial charge in [0.2, 0.25) is 16.6 Å². The summed E-state index contributed by atoms with van der Waals surface area (Å²) in [6, 6.07) is 5.00. The molecule has 0 aliphatic heterocycles. The Morgan fingerprint density at radius 3 is 1.19 bits per heavy atom. The fourth-order valence-electron chi connectivity index (χ4n) is 2.46. The van der Waals surface area contributed by atoms with Gasteiger partial charge in [0, 0.05) is 24.0 Å². The van der Waals surface area contributed by atoms with Gasteiger partial charge >= 0.3 is 0 Å². The van der Waals surface area contributed by atoms with Gasteiger partial charge in [-0.15, -0.1) is 0 Å². The lowest BCUT2D eigenvalue weighted by Crippen LogP contribution is -2.44. The summed E-state index contributed by atoms with van der Waals surface area (Å²) in [7, 11) is -2.98. The summed E-state index contributed by atoms with van der Waals surface area (Å²) in [6.45, 7) is 15.6. The predicted molar refractivity (Wildman–Crippen MR) is 103 cm³/mol. The molecule has 0 saturated carbocycles. The first-order valence-electron chi connectivity index (χ1n) is 8.93. The third-order valence-corrected chi connectivity index (χ3v) is 17.2. The molecule has 2 nitrogen and oxygen atoms in total. The van der Waals surface area contributed by atoms with E-state index in [4.69, 9.17) is 8.85 Å². The lowest BCUT2D eigenvalue weighted by atomic mass is 10.5. The lowest BCUT2D eigenvalue weighted by Gasteiger charge is -2.32. The van der Waals surface area contributed by atoms with Crippen LogP contribution in [0.2, 0.25) is 24.2 Å². The van der Waals surface area contributed by atoms with Crippen LogP contribution in [0.3, 0.4) is 0 Å². The molecular weight excluding hydrogens is 312 g/mol. The molecule has 0 radical (unpaired) electrons. The molecule has 0 saturated heterocycles. The highest BCUT2D eigenvalue weighted by Gasteiger charge is 2.35. The van der Waals surface area contributed by atoms with Crippen molar-refractivity contribution in [1.29, 1.82) is 0 Å². The zero-order valence-electron chi connectivity index (χ0n) is 15.3. The minimum Gasteiger partial charge on any atom is -0.416 e. The van der Waals surface area contributed by atoms with E-state index in [1.165, 1.54) is 34.9 Å². The second-order valence-corrected chi connectivity index (χ2v) is 16.8. The Hall–Kier alpha value is 0.704. The van der Waals surface area contributed by atoms with Gasteiger partial charge in [0.05, 0.1) is 0 Å². The minimum absolute atomic E-state index is 0.949. The Labute approximate surface area is 140 Å². The number of hydrogen-bond acceptors (Lipinski definition) is 3. The summed E-state index contributed by atoms with van der Waals surface area (Å²) in [5.41, 5.74) is 0. The van der Waals surface area contributed by atoms with Crippen LogP contribution in [0.5, 0.6) is 0 Å². The van der Waals surface area contributed by atoms with Crippen LogP contribution in [0.25, 0.3) is 0 Å². The molecule has 0 spiro atoms. The van der Waals surface area contributed by atoms with E-state index < -0.39 is 16.6 Å². The maximum absolute atomic E-state index is 6.33. The quantitative estimate of drug-likeness (QED) is 0.379. The molecule has 0 aromatic heterocycles. The van der Waals surface area contributed by atoms with E-state index in [-0.39, 0.29) is 0 Å². The second-order valence-electron chi connectivity index (χ2n) is 5.97. The summed E-state index contributed by atoms with van der Waals surface area (Å²) < 4.78 is 12.7. The van der Waals surface area contributed by atoms with Crippen molar-refractivity contribution in [2.45, 2.75) is 78.6 Å². The van der Waals surface area contributed by atoms with Gasteiger partial charge in [-0.2, -0.15) is 11.8 Å². The first kappa shape index (κ1) is 21.7. The van der Waals surface area contributed by atoms with Crippen molar-refractivity contribution in [2.24, 2.45) is 0 Å². The van der Waals surface area contributed by atoms with Crippen LogP contribution < -0.4 is 0 Å². The van der Waals surface area contributed by atoms with Crippen molar-refractivity contribution in [2.75, 3.05) is 24.0 Å². The summed E-state index contributed by atoms with van der Waals surface area (Å²) in [5, 5.41) is 2.51. The van der Waals surface area contributed by atoms with Gasteiger partial charge in [-0.25, -0.2) is 0 Å². The summed E-state index contributed by atoms with van der Waals surface area (Å²) in [4.78, 5) is 0. The Morgan fingerprint density at radius 1 is 0.619 bits per heavy atom. The Kier molecular flexibility index (Phi) is 12.6. The number of thioether (sulfide) groups is 1. The molecule has 0 fully saturated rings. The Bertz CT molecular complexity index is 220. The van der Waals surface area contributed by atoms with Gasteiger partial charge in [-0.1, -0.05) is 41.5 Å². The maximum atomic E-state index is 6.33. The van der Waals surface area contributed by atoms with Crippen LogP contribution in [0.4, 0.5) is 0 Å². The SMILES string of the molecule is CCCO[Si](CC)(CC)CSC[Si](CC)(CC)OCCC. The fourth-order valence-corrected chi connectivity index (χ4v) is 13.8. The Morgan fingerprint density at radius 2 is 0.952 bits per heavy atom. The highest BCUT2D eigenvalue weighted by Crippen LogP contribution is 2.27. The molecule has 0 aliphatic rings. The fraction of sp³-hybridized carbons (Fsp3) is 1.00. The van der Waals surface area contributed by atoms with E-state index in [2.05, 4.69) is 53.3 Å². The average Bonchev–Trinajstić information content (AvgIpc) is 2.54. The smallest absolute Gasteiger partial charge is 0.201 e. The van der Waals surface area contributed by atoms with Gasteiger partial charge in [0.25, 0.3) is 0 Å². The van der Waals surface area contributed by atoms with Gasteiger partial charge in [0.15, 0.2) is 0 Å². The number of rotatable bonds is 14. The molecule has 0 aromatic carbocycles. The molecule has 0 amide bonds. The van der Waals surface area contributed by atoms with E-state index in [1.807, 2.05) is 0 Å². The van der Waals surface area contributed by atoms with Gasteiger partial charge in [-0.05, 0) is 37.0 Å². The molecule has 0 aliphatic carbocycles. The van der Waals surface area contributed by atoms with Crippen molar-refractivity contribution in [3.8, 4) is 0 Å². The first-order chi connectivity index (χ1) is 10.1. The second kappa shape index (κ2) is 12.2. The largest absolute Gasteiger partial charge is 0.416 e. The summed E-state index contributed by atoms with van der Waals surface area (Å²) in [5.74, 6) is 0. The zero-order chi connectivity index (χ0) is 16.2. The Balaban J connectivity index is 4.49. The third kappa shape index (κ3) is 7.68. The molecule has 0 atom stereocenters. The standard InChI is InChI=1S/C16H38O2SSi2/c1-7-13-17-20(9-3,10-4)15-19-16-21(11-5,12-6)18-14-8-2/h7-16H2,1-6H3. The molecule has 0 aromatic rings. The molecule has 0 heterocycles. The average molecular weight is 351 g/mol. The van der Waals surface area contributed by atoms with E-state index in [9.17, 15) is 0 Å². The maximum Gasteiger partial charge on any atom is 0.201 e. The normalized spacial score (nSPS) is 12.9. The highest BCUT2D eigenvalue weighted by atomic mass is 32.2. The minimum atomic E-state index is -1.49. The molecule has 128 valence electrons. The summed E-state index contributed by atoms with van der Waals surface area (Å²) in [6.07, 6.45) is 2.28. The molecular formula is C16H38O2SSi2. The number of hydrogen-bond donors (Lipinski definition) is 0. The van der Waals surface area contributed by atoms with E-state index in [0.717, 1.165) is 26.1 Å². The van der Waals surface area contributed by atoms with Crippen molar-refractivity contribution in [1.82, 2.24) is 0 Å². The molecule has 21 heavy (non-hydrogen) atoms. The monoisotopic (exact) mass is 350 g/mol. The van der Waals surface area contributed by atoms with E-state index >= 15 is 0 Å². The van der Waals surface area contributed by atoms with Crippen molar-refractivity contribution < 1.29 is 8.85 Å². The third-order valence-electron chi connectivity index (χ3n) is 4.53. The van der Waals surface area contributed by atoms with Crippen LogP contribution in [0, 0.1) is 0 Å². The molecule has 0 N–H and O–H groups in total.